The van der Waals surface area contributed by atoms with Crippen LogP contribution in [0.4, 0.5) is 0 Å². The summed E-state index contributed by atoms with van der Waals surface area (Å²) in [5.41, 5.74) is 7.51. The Kier molecular flexibility index (Phi) is 4.39. The van der Waals surface area contributed by atoms with Gasteiger partial charge in [0.2, 0.25) is 0 Å². The van der Waals surface area contributed by atoms with Crippen LogP contribution in [-0.2, 0) is 24.7 Å². The standard InChI is InChI=1S/C13H16ClN3OS/c1-3-8-12(14)9(17(2)16-8)7-10(18)13(15)11-5-4-6-19-11/h4-6,13H,3,7,15H2,1-2H3. The number of hydrogen-bond donors (Lipinski definition) is 1. The number of aromatic nitrogens is 2. The molecular formula is C13H16ClN3OS. The minimum Gasteiger partial charge on any atom is -0.317 e. The van der Waals surface area contributed by atoms with Crippen molar-refractivity contribution < 1.29 is 4.79 Å². The van der Waals surface area contributed by atoms with Gasteiger partial charge < -0.3 is 5.73 Å². The highest BCUT2D eigenvalue weighted by Crippen LogP contribution is 2.24. The predicted octanol–water partition coefficient (Wildman–Crippen LogP) is 2.51. The van der Waals surface area contributed by atoms with E-state index < -0.39 is 6.04 Å². The molecule has 102 valence electrons. The van der Waals surface area contributed by atoms with Crippen molar-refractivity contribution in [1.29, 1.82) is 0 Å². The molecule has 0 aliphatic heterocycles. The summed E-state index contributed by atoms with van der Waals surface area (Å²) in [6.45, 7) is 1.98. The lowest BCUT2D eigenvalue weighted by Gasteiger charge is -2.09. The third kappa shape index (κ3) is 2.88. The fourth-order valence-corrected chi connectivity index (χ4v) is 3.02. The first-order valence-electron chi connectivity index (χ1n) is 6.06. The Bertz CT molecular complexity index is 577. The number of carbonyl (C=O) groups is 1. The second-order valence-electron chi connectivity index (χ2n) is 4.32. The lowest BCUT2D eigenvalue weighted by molar-refractivity contribution is -0.119. The molecule has 0 fully saturated rings. The third-order valence-electron chi connectivity index (χ3n) is 3.04. The first-order valence-corrected chi connectivity index (χ1v) is 7.32. The van der Waals surface area contributed by atoms with Crippen molar-refractivity contribution in [2.45, 2.75) is 25.8 Å². The Hall–Kier alpha value is -1.17. The van der Waals surface area contributed by atoms with Gasteiger partial charge in [0.1, 0.15) is 0 Å². The summed E-state index contributed by atoms with van der Waals surface area (Å²) in [6, 6.07) is 3.17. The van der Waals surface area contributed by atoms with Gasteiger partial charge >= 0.3 is 0 Å². The Balaban J connectivity index is 2.17. The molecule has 2 N–H and O–H groups in total. The monoisotopic (exact) mass is 297 g/mol. The molecule has 1 unspecified atom stereocenters. The third-order valence-corrected chi connectivity index (χ3v) is 4.43. The van der Waals surface area contributed by atoms with Gasteiger partial charge in [0, 0.05) is 11.9 Å². The van der Waals surface area contributed by atoms with Crippen LogP contribution >= 0.6 is 22.9 Å². The fraction of sp³-hybridized carbons (Fsp3) is 0.385. The van der Waals surface area contributed by atoms with Gasteiger partial charge in [-0.05, 0) is 17.9 Å². The van der Waals surface area contributed by atoms with E-state index in [0.717, 1.165) is 22.7 Å². The summed E-state index contributed by atoms with van der Waals surface area (Å²) in [6.07, 6.45) is 0.958. The van der Waals surface area contributed by atoms with Crippen LogP contribution in [0.1, 0.15) is 29.2 Å². The zero-order valence-corrected chi connectivity index (χ0v) is 12.5. The molecule has 4 nitrogen and oxygen atoms in total. The van der Waals surface area contributed by atoms with E-state index in [4.69, 9.17) is 17.3 Å². The molecule has 0 bridgehead atoms. The van der Waals surface area contributed by atoms with Crippen LogP contribution in [0.15, 0.2) is 17.5 Å². The Labute approximate surface area is 121 Å². The van der Waals surface area contributed by atoms with Crippen molar-refractivity contribution >= 4 is 28.7 Å². The maximum Gasteiger partial charge on any atom is 0.160 e. The lowest BCUT2D eigenvalue weighted by atomic mass is 10.1. The molecule has 0 aliphatic carbocycles. The molecule has 6 heteroatoms. The SMILES string of the molecule is CCc1nn(C)c(CC(=O)C(N)c2cccs2)c1Cl. The predicted molar refractivity (Wildman–Crippen MR) is 77.6 cm³/mol. The number of nitrogens with two attached hydrogens (primary N) is 1. The zero-order chi connectivity index (χ0) is 14.0. The number of aryl methyl sites for hydroxylation is 2. The van der Waals surface area contributed by atoms with Gasteiger partial charge in [0.05, 0.1) is 28.9 Å². The van der Waals surface area contributed by atoms with Gasteiger partial charge in [-0.2, -0.15) is 5.10 Å². The largest absolute Gasteiger partial charge is 0.317 e. The summed E-state index contributed by atoms with van der Waals surface area (Å²) in [5, 5.41) is 6.79. The van der Waals surface area contributed by atoms with E-state index in [2.05, 4.69) is 5.10 Å². The Morgan fingerprint density at radius 1 is 1.63 bits per heavy atom. The van der Waals surface area contributed by atoms with E-state index >= 15 is 0 Å². The van der Waals surface area contributed by atoms with Gasteiger partial charge in [-0.3, -0.25) is 9.48 Å². The number of halogens is 1. The van der Waals surface area contributed by atoms with Gasteiger partial charge in [-0.25, -0.2) is 0 Å². The van der Waals surface area contributed by atoms with Crippen molar-refractivity contribution in [3.8, 4) is 0 Å². The fourth-order valence-electron chi connectivity index (χ4n) is 1.91. The molecule has 0 radical (unpaired) electrons. The highest BCUT2D eigenvalue weighted by atomic mass is 35.5. The summed E-state index contributed by atoms with van der Waals surface area (Å²) >= 11 is 7.72. The van der Waals surface area contributed by atoms with E-state index in [0.29, 0.717) is 5.02 Å². The molecule has 0 amide bonds. The molecule has 0 saturated heterocycles. The first kappa shape index (κ1) is 14.2. The molecule has 2 aromatic rings. The summed E-state index contributed by atoms with van der Waals surface area (Å²) in [5.74, 6) is -0.0463. The van der Waals surface area contributed by atoms with Gasteiger partial charge in [-0.1, -0.05) is 24.6 Å². The number of nitrogens with zero attached hydrogens (tertiary/aromatic N) is 2. The molecule has 0 saturated carbocycles. The maximum absolute atomic E-state index is 12.2. The van der Waals surface area contributed by atoms with Crippen LogP contribution in [0.5, 0.6) is 0 Å². The number of Topliss-reactive ketones (excluding diaryl/α,β-unsaturated/α-hetero) is 1. The smallest absolute Gasteiger partial charge is 0.160 e. The van der Waals surface area contributed by atoms with Crippen molar-refractivity contribution in [1.82, 2.24) is 9.78 Å². The second-order valence-corrected chi connectivity index (χ2v) is 5.68. The average Bonchev–Trinajstić information content (AvgIpc) is 3.01. The van der Waals surface area contributed by atoms with E-state index in [1.165, 1.54) is 11.3 Å². The number of hydrogen-bond acceptors (Lipinski definition) is 4. The van der Waals surface area contributed by atoms with E-state index in [-0.39, 0.29) is 12.2 Å². The summed E-state index contributed by atoms with van der Waals surface area (Å²) in [4.78, 5) is 13.1. The lowest BCUT2D eigenvalue weighted by Crippen LogP contribution is -2.23. The maximum atomic E-state index is 12.2. The number of thiophene rings is 1. The molecule has 2 heterocycles. The van der Waals surface area contributed by atoms with Crippen LogP contribution < -0.4 is 5.73 Å². The van der Waals surface area contributed by atoms with E-state index in [1.807, 2.05) is 24.4 Å². The topological polar surface area (TPSA) is 60.9 Å². The normalized spacial score (nSPS) is 12.6. The highest BCUT2D eigenvalue weighted by Gasteiger charge is 2.21. The van der Waals surface area contributed by atoms with Crippen molar-refractivity contribution in [2.75, 3.05) is 0 Å². The average molecular weight is 298 g/mol. The van der Waals surface area contributed by atoms with Gasteiger partial charge in [0.15, 0.2) is 5.78 Å². The van der Waals surface area contributed by atoms with Gasteiger partial charge in [-0.15, -0.1) is 11.3 Å². The Morgan fingerprint density at radius 2 is 2.37 bits per heavy atom. The minimum atomic E-state index is -0.587. The van der Waals surface area contributed by atoms with Crippen LogP contribution in [-0.4, -0.2) is 15.6 Å². The summed E-state index contributed by atoms with van der Waals surface area (Å²) in [7, 11) is 1.80. The summed E-state index contributed by atoms with van der Waals surface area (Å²) < 4.78 is 1.67. The Morgan fingerprint density at radius 3 is 2.89 bits per heavy atom. The molecule has 19 heavy (non-hydrogen) atoms. The van der Waals surface area contributed by atoms with Crippen LogP contribution in [0.25, 0.3) is 0 Å². The molecule has 0 aromatic carbocycles. The molecular weight excluding hydrogens is 282 g/mol. The van der Waals surface area contributed by atoms with Crippen LogP contribution in [0, 0.1) is 0 Å². The van der Waals surface area contributed by atoms with E-state index in [1.54, 1.807) is 11.7 Å². The quantitative estimate of drug-likeness (QED) is 0.922. The highest BCUT2D eigenvalue weighted by molar-refractivity contribution is 7.10. The molecule has 2 rings (SSSR count). The van der Waals surface area contributed by atoms with Crippen LogP contribution in [0.2, 0.25) is 5.02 Å². The van der Waals surface area contributed by atoms with Crippen molar-refractivity contribution in [3.05, 3.63) is 38.8 Å². The molecule has 1 atom stereocenters. The van der Waals surface area contributed by atoms with E-state index in [9.17, 15) is 4.79 Å². The van der Waals surface area contributed by atoms with Crippen molar-refractivity contribution in [3.63, 3.8) is 0 Å². The van der Waals surface area contributed by atoms with Crippen molar-refractivity contribution in [2.24, 2.45) is 12.8 Å². The zero-order valence-electron chi connectivity index (χ0n) is 10.9. The number of rotatable bonds is 5. The second kappa shape index (κ2) is 5.86. The van der Waals surface area contributed by atoms with Crippen LogP contribution in [0.3, 0.4) is 0 Å². The molecule has 0 aliphatic rings. The molecule has 2 aromatic heterocycles. The first-order chi connectivity index (χ1) is 9.04. The number of carbonyl (C=O) groups excluding carboxylic acids is 1. The minimum absolute atomic E-state index is 0.0463. The molecule has 0 spiro atoms. The number of ketones is 1. The van der Waals surface area contributed by atoms with Gasteiger partial charge in [0.25, 0.3) is 0 Å².